The van der Waals surface area contributed by atoms with Crippen molar-refractivity contribution in [2.75, 3.05) is 13.6 Å². The van der Waals surface area contributed by atoms with E-state index in [1.807, 2.05) is 6.92 Å². The number of hydrogen-bond donors (Lipinski definition) is 2. The molecule has 1 atom stereocenters. The first-order valence-electron chi connectivity index (χ1n) is 6.29. The van der Waals surface area contributed by atoms with Gasteiger partial charge in [-0.05, 0) is 26.0 Å². The number of hydrogen-bond acceptors (Lipinski definition) is 3. The van der Waals surface area contributed by atoms with Gasteiger partial charge in [0.25, 0.3) is 5.91 Å². The number of carboxylic acids is 1. The van der Waals surface area contributed by atoms with Crippen molar-refractivity contribution in [2.24, 2.45) is 0 Å². The van der Waals surface area contributed by atoms with Gasteiger partial charge in [-0.25, -0.2) is 0 Å². The Labute approximate surface area is 117 Å². The molecule has 0 spiro atoms. The Balaban J connectivity index is 2.74. The molecule has 1 aromatic rings. The van der Waals surface area contributed by atoms with Crippen LogP contribution in [0.4, 0.5) is 0 Å². The van der Waals surface area contributed by atoms with Gasteiger partial charge >= 0.3 is 5.97 Å². The number of aliphatic carboxylic acids is 1. The van der Waals surface area contributed by atoms with E-state index in [0.29, 0.717) is 6.54 Å². The monoisotopic (exact) mass is 281 g/mol. The SMILES string of the molecule is CCN(C)C(=O)C(C)NC(=O)c1cccn1CC(=O)O. The fraction of sp³-hybridized carbons (Fsp3) is 0.462. The summed E-state index contributed by atoms with van der Waals surface area (Å²) in [7, 11) is 1.65. The van der Waals surface area contributed by atoms with Crippen LogP contribution in [-0.2, 0) is 16.1 Å². The van der Waals surface area contributed by atoms with Crippen LogP contribution in [0.1, 0.15) is 24.3 Å². The smallest absolute Gasteiger partial charge is 0.323 e. The first-order valence-corrected chi connectivity index (χ1v) is 6.29. The average Bonchev–Trinajstić information content (AvgIpc) is 2.83. The molecule has 1 unspecified atom stereocenters. The van der Waals surface area contributed by atoms with Gasteiger partial charge in [-0.2, -0.15) is 0 Å². The molecule has 1 heterocycles. The first kappa shape index (κ1) is 15.7. The van der Waals surface area contributed by atoms with Crippen LogP contribution in [0.5, 0.6) is 0 Å². The second kappa shape index (κ2) is 6.74. The van der Waals surface area contributed by atoms with Crippen LogP contribution in [0.3, 0.4) is 0 Å². The summed E-state index contributed by atoms with van der Waals surface area (Å²) in [5, 5.41) is 11.3. The Morgan fingerprint density at radius 2 is 2.10 bits per heavy atom. The number of amides is 2. The maximum absolute atomic E-state index is 12.0. The van der Waals surface area contributed by atoms with Crippen LogP contribution in [0.2, 0.25) is 0 Å². The van der Waals surface area contributed by atoms with Crippen LogP contribution < -0.4 is 5.32 Å². The normalized spacial score (nSPS) is 11.8. The number of carbonyl (C=O) groups excluding carboxylic acids is 2. The Kier molecular flexibility index (Phi) is 5.31. The first-order chi connectivity index (χ1) is 9.36. The van der Waals surface area contributed by atoms with Gasteiger partial charge in [-0.1, -0.05) is 0 Å². The summed E-state index contributed by atoms with van der Waals surface area (Å²) in [4.78, 5) is 36.1. The fourth-order valence-electron chi connectivity index (χ4n) is 1.72. The quantitative estimate of drug-likeness (QED) is 0.777. The summed E-state index contributed by atoms with van der Waals surface area (Å²) < 4.78 is 1.32. The third-order valence-electron chi connectivity index (χ3n) is 2.94. The number of nitrogens with one attached hydrogen (secondary N) is 1. The molecule has 0 aliphatic rings. The molecule has 0 fully saturated rings. The van der Waals surface area contributed by atoms with Crippen LogP contribution >= 0.6 is 0 Å². The van der Waals surface area contributed by atoms with Crippen molar-refractivity contribution in [3.05, 3.63) is 24.0 Å². The highest BCUT2D eigenvalue weighted by Crippen LogP contribution is 2.03. The number of carbonyl (C=O) groups is 3. The molecule has 0 aliphatic carbocycles. The molecule has 0 aliphatic heterocycles. The lowest BCUT2D eigenvalue weighted by molar-refractivity contribution is -0.137. The van der Waals surface area contributed by atoms with Crippen molar-refractivity contribution < 1.29 is 19.5 Å². The lowest BCUT2D eigenvalue weighted by atomic mass is 10.2. The molecule has 7 nitrogen and oxygen atoms in total. The van der Waals surface area contributed by atoms with E-state index in [1.165, 1.54) is 21.7 Å². The summed E-state index contributed by atoms with van der Waals surface area (Å²) >= 11 is 0. The van der Waals surface area contributed by atoms with Crippen molar-refractivity contribution in [1.82, 2.24) is 14.8 Å². The second-order valence-electron chi connectivity index (χ2n) is 4.46. The molecule has 7 heteroatoms. The number of carboxylic acid groups (broad SMARTS) is 1. The zero-order valence-electron chi connectivity index (χ0n) is 11.8. The zero-order valence-corrected chi connectivity index (χ0v) is 11.8. The van der Waals surface area contributed by atoms with Gasteiger partial charge in [-0.15, -0.1) is 0 Å². The molecule has 110 valence electrons. The molecule has 1 aromatic heterocycles. The molecular weight excluding hydrogens is 262 g/mol. The van der Waals surface area contributed by atoms with Crippen LogP contribution in [0.15, 0.2) is 18.3 Å². The maximum atomic E-state index is 12.0. The van der Waals surface area contributed by atoms with E-state index in [2.05, 4.69) is 5.32 Å². The van der Waals surface area contributed by atoms with E-state index in [9.17, 15) is 14.4 Å². The number of rotatable bonds is 6. The van der Waals surface area contributed by atoms with Gasteiger partial charge in [0.1, 0.15) is 18.3 Å². The molecule has 2 amide bonds. The summed E-state index contributed by atoms with van der Waals surface area (Å²) in [6, 6.07) is 2.43. The van der Waals surface area contributed by atoms with Gasteiger partial charge in [0.15, 0.2) is 0 Å². The predicted octanol–water partition coefficient (Wildman–Crippen LogP) is 0.169. The Bertz CT molecular complexity index is 509. The minimum atomic E-state index is -1.04. The van der Waals surface area contributed by atoms with Crippen molar-refractivity contribution in [3.8, 4) is 0 Å². The summed E-state index contributed by atoms with van der Waals surface area (Å²) in [5.41, 5.74) is 0.214. The number of nitrogens with zero attached hydrogens (tertiary/aromatic N) is 2. The van der Waals surface area contributed by atoms with Crippen molar-refractivity contribution in [2.45, 2.75) is 26.4 Å². The molecule has 0 saturated carbocycles. The minimum Gasteiger partial charge on any atom is -0.480 e. The van der Waals surface area contributed by atoms with E-state index >= 15 is 0 Å². The van der Waals surface area contributed by atoms with Gasteiger partial charge < -0.3 is 19.9 Å². The number of likely N-dealkylation sites (N-methyl/N-ethyl adjacent to an activating group) is 1. The molecule has 0 bridgehead atoms. The Hall–Kier alpha value is -2.31. The number of aromatic nitrogens is 1. The van der Waals surface area contributed by atoms with Crippen molar-refractivity contribution in [3.63, 3.8) is 0 Å². The molecule has 2 N–H and O–H groups in total. The van der Waals surface area contributed by atoms with Crippen LogP contribution in [-0.4, -0.2) is 52.0 Å². The van der Waals surface area contributed by atoms with Gasteiger partial charge in [0, 0.05) is 19.8 Å². The van der Waals surface area contributed by atoms with E-state index in [0.717, 1.165) is 0 Å². The summed E-state index contributed by atoms with van der Waals surface area (Å²) in [6.45, 7) is 3.68. The highest BCUT2D eigenvalue weighted by atomic mass is 16.4. The third-order valence-corrected chi connectivity index (χ3v) is 2.94. The van der Waals surface area contributed by atoms with Crippen LogP contribution in [0.25, 0.3) is 0 Å². The molecule has 0 saturated heterocycles. The van der Waals surface area contributed by atoms with Gasteiger partial charge in [0.2, 0.25) is 5.91 Å². The van der Waals surface area contributed by atoms with Crippen molar-refractivity contribution >= 4 is 17.8 Å². The molecule has 0 radical (unpaired) electrons. The summed E-state index contributed by atoms with van der Waals surface area (Å²) in [5.74, 6) is -1.70. The summed E-state index contributed by atoms with van der Waals surface area (Å²) in [6.07, 6.45) is 1.51. The van der Waals surface area contributed by atoms with Crippen molar-refractivity contribution in [1.29, 1.82) is 0 Å². The van der Waals surface area contributed by atoms with Gasteiger partial charge in [0.05, 0.1) is 0 Å². The minimum absolute atomic E-state index is 0.197. The predicted molar refractivity (Wildman–Crippen MR) is 72.3 cm³/mol. The highest BCUT2D eigenvalue weighted by Gasteiger charge is 2.21. The molecule has 20 heavy (non-hydrogen) atoms. The van der Waals surface area contributed by atoms with Gasteiger partial charge in [-0.3, -0.25) is 14.4 Å². The largest absolute Gasteiger partial charge is 0.480 e. The maximum Gasteiger partial charge on any atom is 0.323 e. The van der Waals surface area contributed by atoms with E-state index in [1.54, 1.807) is 20.0 Å². The molecule has 0 aromatic carbocycles. The third kappa shape index (κ3) is 3.84. The van der Waals surface area contributed by atoms with E-state index in [4.69, 9.17) is 5.11 Å². The Morgan fingerprint density at radius 1 is 1.45 bits per heavy atom. The second-order valence-corrected chi connectivity index (χ2v) is 4.46. The molecule has 1 rings (SSSR count). The standard InChI is InChI=1S/C13H19N3O4/c1-4-15(3)13(20)9(2)14-12(19)10-6-5-7-16(10)8-11(17)18/h5-7,9H,4,8H2,1-3H3,(H,14,19)(H,17,18). The Morgan fingerprint density at radius 3 is 2.65 bits per heavy atom. The van der Waals surface area contributed by atoms with Crippen LogP contribution in [0, 0.1) is 0 Å². The zero-order chi connectivity index (χ0) is 15.3. The lowest BCUT2D eigenvalue weighted by Crippen LogP contribution is -2.45. The average molecular weight is 281 g/mol. The fourth-order valence-corrected chi connectivity index (χ4v) is 1.72. The van der Waals surface area contributed by atoms with E-state index in [-0.39, 0.29) is 18.1 Å². The highest BCUT2D eigenvalue weighted by molar-refractivity contribution is 5.96. The molecular formula is C13H19N3O4. The van der Waals surface area contributed by atoms with E-state index < -0.39 is 17.9 Å². The topological polar surface area (TPSA) is 91.6 Å². The lowest BCUT2D eigenvalue weighted by Gasteiger charge is -2.20.